The van der Waals surface area contributed by atoms with Crippen molar-refractivity contribution in [2.24, 2.45) is 0 Å². The number of sulfonamides is 1. The fourth-order valence-corrected chi connectivity index (χ4v) is 5.10. The first-order valence-electron chi connectivity index (χ1n) is 9.14. The van der Waals surface area contributed by atoms with E-state index in [9.17, 15) is 18.0 Å². The second kappa shape index (κ2) is 7.20. The van der Waals surface area contributed by atoms with Gasteiger partial charge in [-0.2, -0.15) is 4.31 Å². The van der Waals surface area contributed by atoms with E-state index in [-0.39, 0.29) is 40.2 Å². The van der Waals surface area contributed by atoms with E-state index in [0.29, 0.717) is 24.6 Å². The topological polar surface area (TPSA) is 115 Å². The second-order valence-corrected chi connectivity index (χ2v) is 8.81. The van der Waals surface area contributed by atoms with Crippen LogP contribution >= 0.6 is 0 Å². The molecule has 154 valence electrons. The van der Waals surface area contributed by atoms with Crippen molar-refractivity contribution in [2.75, 3.05) is 25.2 Å². The van der Waals surface area contributed by atoms with E-state index < -0.39 is 15.9 Å². The van der Waals surface area contributed by atoms with Crippen LogP contribution in [0.2, 0.25) is 0 Å². The number of carbonyl (C=O) groups excluding carboxylic acids is 2. The van der Waals surface area contributed by atoms with Gasteiger partial charge in [-0.1, -0.05) is 0 Å². The highest BCUT2D eigenvalue weighted by Gasteiger charge is 2.32. The zero-order valence-corrected chi connectivity index (χ0v) is 16.8. The minimum Gasteiger partial charge on any atom is -0.455 e. The van der Waals surface area contributed by atoms with Crippen molar-refractivity contribution < 1.29 is 31.9 Å². The number of hydrogen-bond acceptors (Lipinski definition) is 7. The Morgan fingerprint density at radius 3 is 2.38 bits per heavy atom. The van der Waals surface area contributed by atoms with Gasteiger partial charge >= 0.3 is 0 Å². The number of nitrogens with zero attached hydrogens (tertiary/aromatic N) is 1. The lowest BCUT2D eigenvalue weighted by Crippen LogP contribution is -2.28. The second-order valence-electron chi connectivity index (χ2n) is 6.90. The predicted molar refractivity (Wildman–Crippen MR) is 102 cm³/mol. The molecule has 1 fully saturated rings. The third kappa shape index (κ3) is 3.49. The largest absolute Gasteiger partial charge is 0.455 e. The molecule has 0 bridgehead atoms. The molecule has 0 saturated carbocycles. The number of hydrogen-bond donors (Lipinski definition) is 1. The van der Waals surface area contributed by atoms with Gasteiger partial charge in [-0.05, 0) is 32.8 Å². The van der Waals surface area contributed by atoms with Crippen LogP contribution in [0.25, 0.3) is 0 Å². The Hall–Kier alpha value is -2.85. The first kappa shape index (κ1) is 19.5. The lowest BCUT2D eigenvalue weighted by Gasteiger charge is -2.14. The van der Waals surface area contributed by atoms with Crippen molar-refractivity contribution in [3.05, 3.63) is 35.3 Å². The molecular weight excluding hydrogens is 400 g/mol. The van der Waals surface area contributed by atoms with Gasteiger partial charge in [-0.25, -0.2) is 8.42 Å². The summed E-state index contributed by atoms with van der Waals surface area (Å²) in [6, 6.07) is 4.21. The number of ether oxygens (including phenoxy) is 2. The van der Waals surface area contributed by atoms with E-state index >= 15 is 0 Å². The lowest BCUT2D eigenvalue weighted by molar-refractivity contribution is 0.0995. The molecule has 4 rings (SSSR count). The monoisotopic (exact) mass is 420 g/mol. The Labute approximate surface area is 167 Å². The van der Waals surface area contributed by atoms with Gasteiger partial charge in [-0.3, -0.25) is 9.59 Å². The Bertz CT molecular complexity index is 1100. The van der Waals surface area contributed by atoms with Crippen LogP contribution in [-0.4, -0.2) is 44.3 Å². The molecule has 2 aromatic rings. The molecule has 10 heteroatoms. The molecule has 0 spiro atoms. The highest BCUT2D eigenvalue weighted by molar-refractivity contribution is 7.89. The smallest absolute Gasteiger partial charge is 0.291 e. The number of rotatable bonds is 5. The highest BCUT2D eigenvalue weighted by Crippen LogP contribution is 2.37. The van der Waals surface area contributed by atoms with Crippen LogP contribution < -0.4 is 14.8 Å². The Morgan fingerprint density at radius 2 is 1.72 bits per heavy atom. The van der Waals surface area contributed by atoms with Gasteiger partial charge in [0.25, 0.3) is 5.91 Å². The number of nitrogens with one attached hydrogen (secondary N) is 1. The quantitative estimate of drug-likeness (QED) is 0.739. The van der Waals surface area contributed by atoms with Crippen molar-refractivity contribution in [1.29, 1.82) is 0 Å². The number of aryl methyl sites for hydroxylation is 1. The molecule has 2 aliphatic heterocycles. The van der Waals surface area contributed by atoms with E-state index in [1.165, 1.54) is 36.4 Å². The van der Waals surface area contributed by atoms with Gasteiger partial charge in [0.1, 0.15) is 10.7 Å². The summed E-state index contributed by atoms with van der Waals surface area (Å²) in [5.41, 5.74) is 0.473. The summed E-state index contributed by atoms with van der Waals surface area (Å²) in [5, 5.41) is 2.60. The van der Waals surface area contributed by atoms with Crippen LogP contribution in [0.3, 0.4) is 0 Å². The van der Waals surface area contributed by atoms with E-state index in [2.05, 4.69) is 5.32 Å². The van der Waals surface area contributed by atoms with Crippen molar-refractivity contribution in [1.82, 2.24) is 4.31 Å². The van der Waals surface area contributed by atoms with Crippen LogP contribution in [0.15, 0.2) is 27.5 Å². The molecule has 29 heavy (non-hydrogen) atoms. The van der Waals surface area contributed by atoms with Crippen LogP contribution in [0.5, 0.6) is 11.5 Å². The third-order valence-electron chi connectivity index (χ3n) is 4.92. The summed E-state index contributed by atoms with van der Waals surface area (Å²) in [7, 11) is -3.72. The Kier molecular flexibility index (Phi) is 4.83. The van der Waals surface area contributed by atoms with Gasteiger partial charge in [0.05, 0.1) is 5.69 Å². The average Bonchev–Trinajstić information content (AvgIpc) is 3.41. The first-order chi connectivity index (χ1) is 13.8. The molecule has 0 aliphatic carbocycles. The summed E-state index contributed by atoms with van der Waals surface area (Å²) in [4.78, 5) is 24.6. The highest BCUT2D eigenvalue weighted by atomic mass is 32.2. The van der Waals surface area contributed by atoms with Crippen LogP contribution in [-0.2, 0) is 10.0 Å². The number of carbonyl (C=O) groups is 2. The van der Waals surface area contributed by atoms with Crippen LogP contribution in [0.1, 0.15) is 46.4 Å². The fourth-order valence-electron chi connectivity index (χ4n) is 3.42. The van der Waals surface area contributed by atoms with Gasteiger partial charge in [0.2, 0.25) is 16.8 Å². The maximum atomic E-state index is 12.8. The van der Waals surface area contributed by atoms with Gasteiger partial charge < -0.3 is 19.2 Å². The zero-order valence-electron chi connectivity index (χ0n) is 16.0. The number of Topliss-reactive ketones (excluding diaryl/α,β-unsaturated/α-hetero) is 1. The Balaban J connectivity index is 1.63. The molecule has 1 amide bonds. The van der Waals surface area contributed by atoms with Crippen molar-refractivity contribution in [2.45, 2.75) is 31.6 Å². The number of ketones is 1. The molecule has 0 atom stereocenters. The van der Waals surface area contributed by atoms with E-state index in [4.69, 9.17) is 13.9 Å². The molecule has 2 aliphatic rings. The van der Waals surface area contributed by atoms with Gasteiger partial charge in [0, 0.05) is 30.8 Å². The van der Waals surface area contributed by atoms with Crippen molar-refractivity contribution >= 4 is 27.4 Å². The molecule has 1 saturated heterocycles. The van der Waals surface area contributed by atoms with Gasteiger partial charge in [-0.15, -0.1) is 0 Å². The number of fused-ring (bicyclic) bond motifs is 1. The van der Waals surface area contributed by atoms with Gasteiger partial charge in [0.15, 0.2) is 23.0 Å². The lowest BCUT2D eigenvalue weighted by atomic mass is 10.1. The summed E-state index contributed by atoms with van der Waals surface area (Å²) >= 11 is 0. The van der Waals surface area contributed by atoms with E-state index in [1.807, 2.05) is 0 Å². The zero-order chi connectivity index (χ0) is 20.8. The van der Waals surface area contributed by atoms with Crippen LogP contribution in [0.4, 0.5) is 5.69 Å². The SMILES string of the molecule is CC(=O)c1cc2c(cc1NC(=O)c1cc(S(=O)(=O)N3CCCC3)c(C)o1)OCO2. The summed E-state index contributed by atoms with van der Waals surface area (Å²) in [5.74, 6) is -0.143. The molecule has 0 radical (unpaired) electrons. The molecule has 9 nitrogen and oxygen atoms in total. The number of anilines is 1. The normalized spacial score (nSPS) is 16.2. The number of furan rings is 1. The van der Waals surface area contributed by atoms with Crippen molar-refractivity contribution in [3.63, 3.8) is 0 Å². The number of benzene rings is 1. The fraction of sp³-hybridized carbons (Fsp3) is 0.368. The summed E-state index contributed by atoms with van der Waals surface area (Å²) in [6.07, 6.45) is 1.61. The first-order valence-corrected chi connectivity index (χ1v) is 10.6. The maximum Gasteiger partial charge on any atom is 0.291 e. The molecule has 1 N–H and O–H groups in total. The number of amides is 1. The molecular formula is C19H20N2O7S. The minimum atomic E-state index is -3.72. The summed E-state index contributed by atoms with van der Waals surface area (Å²) in [6.45, 7) is 3.80. The van der Waals surface area contributed by atoms with E-state index in [0.717, 1.165) is 12.8 Å². The maximum absolute atomic E-state index is 12.8. The summed E-state index contributed by atoms with van der Waals surface area (Å²) < 4.78 is 42.9. The predicted octanol–water partition coefficient (Wildman–Crippen LogP) is 2.56. The Morgan fingerprint density at radius 1 is 1.07 bits per heavy atom. The molecule has 1 aromatic heterocycles. The van der Waals surface area contributed by atoms with E-state index in [1.54, 1.807) is 0 Å². The molecule has 0 unspecified atom stereocenters. The standard InChI is InChI=1S/C19H20N2O7S/c1-11(22)13-7-15-16(27-10-26-15)8-14(13)20-19(23)17-9-18(12(2)28-17)29(24,25)21-5-3-4-6-21/h7-9H,3-6,10H2,1-2H3,(H,20,23). The van der Waals surface area contributed by atoms with Crippen molar-refractivity contribution in [3.8, 4) is 11.5 Å². The minimum absolute atomic E-state index is 0.0259. The molecule has 3 heterocycles. The molecule has 1 aromatic carbocycles. The van der Waals surface area contributed by atoms with Crippen LogP contribution in [0, 0.1) is 6.92 Å². The third-order valence-corrected chi connectivity index (χ3v) is 6.93. The average molecular weight is 420 g/mol.